The first-order valence-electron chi connectivity index (χ1n) is 5.46. The van der Waals surface area contributed by atoms with Gasteiger partial charge in [0.05, 0.1) is 11.4 Å². The number of carbonyl (C=O) groups is 1. The molecule has 0 spiro atoms. The lowest BCUT2D eigenvalue weighted by Crippen LogP contribution is -2.16. The van der Waals surface area contributed by atoms with Crippen molar-refractivity contribution in [3.05, 3.63) is 39.7 Å². The number of primary amides is 1. The third kappa shape index (κ3) is 3.31. The van der Waals surface area contributed by atoms with Gasteiger partial charge in [-0.1, -0.05) is 22.9 Å². The highest BCUT2D eigenvalue weighted by Gasteiger charge is 2.23. The first-order chi connectivity index (χ1) is 9.70. The maximum Gasteiger partial charge on any atom is 0.273 e. The fourth-order valence-electron chi connectivity index (χ4n) is 1.55. The molecular formula is C11H9ClFN3O3S2. The molecular weight excluding hydrogens is 341 g/mol. The smallest absolute Gasteiger partial charge is 0.273 e. The van der Waals surface area contributed by atoms with Gasteiger partial charge in [0.25, 0.3) is 10.0 Å². The van der Waals surface area contributed by atoms with Crippen LogP contribution in [-0.4, -0.2) is 19.3 Å². The van der Waals surface area contributed by atoms with E-state index in [-0.39, 0.29) is 25.6 Å². The van der Waals surface area contributed by atoms with Gasteiger partial charge in [0, 0.05) is 5.56 Å². The van der Waals surface area contributed by atoms with Gasteiger partial charge >= 0.3 is 0 Å². The Balaban J connectivity index is 2.43. The molecule has 112 valence electrons. The molecule has 6 nitrogen and oxygen atoms in total. The van der Waals surface area contributed by atoms with Crippen LogP contribution in [0, 0.1) is 12.7 Å². The average Bonchev–Trinajstić information content (AvgIpc) is 2.71. The highest BCUT2D eigenvalue weighted by Crippen LogP contribution is 2.29. The summed E-state index contributed by atoms with van der Waals surface area (Å²) in [5.41, 5.74) is 4.87. The number of aromatic nitrogens is 1. The minimum atomic E-state index is -4.06. The lowest BCUT2D eigenvalue weighted by atomic mass is 10.2. The molecule has 0 aliphatic heterocycles. The van der Waals surface area contributed by atoms with E-state index in [9.17, 15) is 17.6 Å². The summed E-state index contributed by atoms with van der Waals surface area (Å²) in [5.74, 6) is -1.63. The molecule has 1 aromatic carbocycles. The number of nitrogens with two attached hydrogens (primary N) is 1. The molecule has 21 heavy (non-hydrogen) atoms. The van der Waals surface area contributed by atoms with E-state index in [0.29, 0.717) is 0 Å². The van der Waals surface area contributed by atoms with Gasteiger partial charge in [-0.3, -0.25) is 9.52 Å². The number of amides is 1. The topological polar surface area (TPSA) is 102 Å². The first-order valence-corrected chi connectivity index (χ1v) is 8.13. The zero-order valence-corrected chi connectivity index (χ0v) is 12.9. The maximum atomic E-state index is 13.7. The van der Waals surface area contributed by atoms with E-state index < -0.39 is 21.7 Å². The summed E-state index contributed by atoms with van der Waals surface area (Å²) in [6.07, 6.45) is 0. The number of thiazole rings is 1. The third-order valence-corrected chi connectivity index (χ3v) is 5.70. The molecule has 2 rings (SSSR count). The van der Waals surface area contributed by atoms with Gasteiger partial charge in [0.2, 0.25) is 5.91 Å². The van der Waals surface area contributed by atoms with Crippen LogP contribution in [0.3, 0.4) is 0 Å². The molecule has 0 saturated heterocycles. The van der Waals surface area contributed by atoms with Crippen LogP contribution in [0.2, 0.25) is 4.47 Å². The molecule has 1 amide bonds. The molecule has 0 aliphatic rings. The molecule has 2 aromatic rings. The Morgan fingerprint density at radius 3 is 2.67 bits per heavy atom. The summed E-state index contributed by atoms with van der Waals surface area (Å²) < 4.78 is 40.0. The normalized spacial score (nSPS) is 11.4. The molecule has 1 heterocycles. The zero-order chi connectivity index (χ0) is 15.8. The van der Waals surface area contributed by atoms with Crippen molar-refractivity contribution in [1.82, 2.24) is 4.98 Å². The van der Waals surface area contributed by atoms with Crippen LogP contribution in [0.5, 0.6) is 0 Å². The summed E-state index contributed by atoms with van der Waals surface area (Å²) >= 11 is 6.40. The molecule has 0 bridgehead atoms. The van der Waals surface area contributed by atoms with Crippen molar-refractivity contribution in [2.24, 2.45) is 5.73 Å². The summed E-state index contributed by atoms with van der Waals surface area (Å²) in [7, 11) is -4.06. The van der Waals surface area contributed by atoms with E-state index in [2.05, 4.69) is 9.71 Å². The fourth-order valence-corrected chi connectivity index (χ4v) is 4.35. The Kier molecular flexibility index (Phi) is 4.17. The molecule has 0 unspecified atom stereocenters. The fraction of sp³-hybridized carbons (Fsp3) is 0.0909. The lowest BCUT2D eigenvalue weighted by molar-refractivity contribution is 0.100. The van der Waals surface area contributed by atoms with Gasteiger partial charge in [-0.15, -0.1) is 0 Å². The largest absolute Gasteiger partial charge is 0.366 e. The SMILES string of the molecule is Cc1nc(Cl)sc1S(=O)(=O)Nc1cc(C(N)=O)ccc1F. The molecule has 0 aliphatic carbocycles. The van der Waals surface area contributed by atoms with E-state index >= 15 is 0 Å². The minimum absolute atomic E-state index is 0.0202. The van der Waals surface area contributed by atoms with E-state index in [4.69, 9.17) is 17.3 Å². The monoisotopic (exact) mass is 349 g/mol. The van der Waals surface area contributed by atoms with Crippen molar-refractivity contribution in [2.45, 2.75) is 11.1 Å². The summed E-state index contributed by atoms with van der Waals surface area (Å²) in [6, 6.07) is 3.13. The van der Waals surface area contributed by atoms with Crippen molar-refractivity contribution in [1.29, 1.82) is 0 Å². The number of anilines is 1. The van der Waals surface area contributed by atoms with Gasteiger partial charge in [-0.05, 0) is 25.1 Å². The zero-order valence-electron chi connectivity index (χ0n) is 10.6. The summed E-state index contributed by atoms with van der Waals surface area (Å²) in [5, 5.41) is 0. The number of nitrogens with one attached hydrogen (secondary N) is 1. The van der Waals surface area contributed by atoms with Gasteiger partial charge in [0.1, 0.15) is 5.82 Å². The van der Waals surface area contributed by atoms with Crippen LogP contribution >= 0.6 is 22.9 Å². The number of benzene rings is 1. The van der Waals surface area contributed by atoms with Gasteiger partial charge in [0.15, 0.2) is 8.68 Å². The van der Waals surface area contributed by atoms with Crippen LogP contribution < -0.4 is 10.5 Å². The third-order valence-electron chi connectivity index (χ3n) is 2.47. The predicted octanol–water partition coefficient (Wildman–Crippen LogP) is 2.14. The van der Waals surface area contributed by atoms with Crippen LogP contribution in [0.15, 0.2) is 22.4 Å². The van der Waals surface area contributed by atoms with Crippen molar-refractivity contribution in [3.8, 4) is 0 Å². The Hall–Kier alpha value is -1.71. The Morgan fingerprint density at radius 1 is 1.48 bits per heavy atom. The van der Waals surface area contributed by atoms with Gasteiger partial charge in [-0.25, -0.2) is 17.8 Å². The highest BCUT2D eigenvalue weighted by atomic mass is 35.5. The molecule has 1 aromatic heterocycles. The second-order valence-electron chi connectivity index (χ2n) is 4.00. The number of carbonyl (C=O) groups excluding carboxylic acids is 1. The molecule has 0 radical (unpaired) electrons. The predicted molar refractivity (Wildman–Crippen MR) is 77.6 cm³/mol. The molecule has 0 fully saturated rings. The Labute approximate surface area is 128 Å². The number of sulfonamides is 1. The van der Waals surface area contributed by atoms with E-state index in [0.717, 1.165) is 29.5 Å². The molecule has 0 atom stereocenters. The van der Waals surface area contributed by atoms with Crippen molar-refractivity contribution in [2.75, 3.05) is 4.72 Å². The Bertz CT molecular complexity index is 820. The number of hydrogen-bond donors (Lipinski definition) is 2. The molecule has 3 N–H and O–H groups in total. The van der Waals surface area contributed by atoms with Crippen LogP contribution in [0.25, 0.3) is 0 Å². The number of aryl methyl sites for hydroxylation is 1. The Morgan fingerprint density at radius 2 is 2.14 bits per heavy atom. The highest BCUT2D eigenvalue weighted by molar-refractivity contribution is 7.94. The second kappa shape index (κ2) is 5.58. The van der Waals surface area contributed by atoms with Crippen LogP contribution in [0.4, 0.5) is 10.1 Å². The first kappa shape index (κ1) is 15.7. The average molecular weight is 350 g/mol. The number of halogens is 2. The van der Waals surface area contributed by atoms with Crippen LogP contribution in [-0.2, 0) is 10.0 Å². The summed E-state index contributed by atoms with van der Waals surface area (Å²) in [4.78, 5) is 14.8. The van der Waals surface area contributed by atoms with Gasteiger partial charge in [-0.2, -0.15) is 0 Å². The number of rotatable bonds is 4. The van der Waals surface area contributed by atoms with E-state index in [1.165, 1.54) is 6.92 Å². The minimum Gasteiger partial charge on any atom is -0.366 e. The van der Waals surface area contributed by atoms with E-state index in [1.54, 1.807) is 0 Å². The number of hydrogen-bond acceptors (Lipinski definition) is 5. The lowest BCUT2D eigenvalue weighted by Gasteiger charge is -2.08. The van der Waals surface area contributed by atoms with Crippen molar-refractivity contribution in [3.63, 3.8) is 0 Å². The van der Waals surface area contributed by atoms with E-state index in [1.807, 2.05) is 0 Å². The standard InChI is InChI=1S/C11H9ClFN3O3S2/c1-5-10(20-11(12)15-5)21(18,19)16-8-4-6(9(14)17)2-3-7(8)13/h2-4,16H,1H3,(H2,14,17). The number of nitrogens with zero attached hydrogens (tertiary/aromatic N) is 1. The maximum absolute atomic E-state index is 13.7. The van der Waals surface area contributed by atoms with Gasteiger partial charge < -0.3 is 5.73 Å². The van der Waals surface area contributed by atoms with Crippen molar-refractivity contribution < 1.29 is 17.6 Å². The second-order valence-corrected chi connectivity index (χ2v) is 7.46. The summed E-state index contributed by atoms with van der Waals surface area (Å²) in [6.45, 7) is 1.47. The molecule has 10 heteroatoms. The van der Waals surface area contributed by atoms with Crippen LogP contribution in [0.1, 0.15) is 16.1 Å². The quantitative estimate of drug-likeness (QED) is 0.882. The van der Waals surface area contributed by atoms with Crippen molar-refractivity contribution >= 4 is 44.6 Å². The molecule has 0 saturated carbocycles.